The first-order valence-corrected chi connectivity index (χ1v) is 6.70. The van der Waals surface area contributed by atoms with E-state index < -0.39 is 5.41 Å². The molecule has 110 valence electrons. The first-order chi connectivity index (χ1) is 9.98. The van der Waals surface area contributed by atoms with Gasteiger partial charge in [0.1, 0.15) is 0 Å². The molecule has 0 bridgehead atoms. The van der Waals surface area contributed by atoms with Gasteiger partial charge in [0.2, 0.25) is 5.91 Å². The van der Waals surface area contributed by atoms with E-state index in [1.54, 1.807) is 30.3 Å². The maximum absolute atomic E-state index is 12.6. The van der Waals surface area contributed by atoms with E-state index in [-0.39, 0.29) is 18.4 Å². The average molecular weight is 286 g/mol. The van der Waals surface area contributed by atoms with Crippen LogP contribution in [-0.2, 0) is 4.79 Å². The number of hydrogen-bond acceptors (Lipinski definition) is 4. The highest BCUT2D eigenvalue weighted by atomic mass is 16.2. The smallest absolute Gasteiger partial charge is 0.255 e. The number of nitrogens with two attached hydrogens (primary N) is 2. The molecule has 1 saturated heterocycles. The minimum atomic E-state index is -0.661. The molecule has 0 aliphatic carbocycles. The zero-order chi connectivity index (χ0) is 15.5. The van der Waals surface area contributed by atoms with Crippen LogP contribution in [0, 0.1) is 17.3 Å². The van der Waals surface area contributed by atoms with Gasteiger partial charge in [0.05, 0.1) is 23.1 Å². The van der Waals surface area contributed by atoms with Crippen molar-refractivity contribution in [1.29, 1.82) is 0 Å². The van der Waals surface area contributed by atoms with Crippen LogP contribution in [-0.4, -0.2) is 41.3 Å². The molecule has 2 amide bonds. The highest BCUT2D eigenvalue weighted by molar-refractivity contribution is 5.97. The van der Waals surface area contributed by atoms with Crippen molar-refractivity contribution in [3.63, 3.8) is 0 Å². The predicted octanol–water partition coefficient (Wildman–Crippen LogP) is -0.271. The van der Waals surface area contributed by atoms with Gasteiger partial charge in [-0.25, -0.2) is 0 Å². The largest absolute Gasteiger partial charge is 0.369 e. The molecule has 6 heteroatoms. The molecule has 0 saturated carbocycles. The van der Waals surface area contributed by atoms with Crippen molar-refractivity contribution >= 4 is 11.8 Å². The summed E-state index contributed by atoms with van der Waals surface area (Å²) in [4.78, 5) is 29.7. The second kappa shape index (κ2) is 5.94. The van der Waals surface area contributed by atoms with E-state index in [9.17, 15) is 9.59 Å². The Morgan fingerprint density at radius 3 is 2.90 bits per heavy atom. The molecule has 2 heterocycles. The molecule has 1 atom stereocenters. The summed E-state index contributed by atoms with van der Waals surface area (Å²) in [5, 5.41) is 0. The molecular weight excluding hydrogens is 268 g/mol. The van der Waals surface area contributed by atoms with E-state index in [2.05, 4.69) is 16.8 Å². The molecule has 0 radical (unpaired) electrons. The summed E-state index contributed by atoms with van der Waals surface area (Å²) in [6, 6.07) is 1.63. The van der Waals surface area contributed by atoms with Crippen LogP contribution in [0.5, 0.6) is 0 Å². The lowest BCUT2D eigenvalue weighted by Crippen LogP contribution is -2.38. The van der Waals surface area contributed by atoms with Crippen molar-refractivity contribution in [2.75, 3.05) is 19.6 Å². The van der Waals surface area contributed by atoms with Crippen molar-refractivity contribution < 1.29 is 9.59 Å². The predicted molar refractivity (Wildman–Crippen MR) is 78.0 cm³/mol. The second-order valence-corrected chi connectivity index (χ2v) is 5.33. The fourth-order valence-corrected chi connectivity index (χ4v) is 2.33. The van der Waals surface area contributed by atoms with Gasteiger partial charge < -0.3 is 16.4 Å². The topological polar surface area (TPSA) is 102 Å². The van der Waals surface area contributed by atoms with Gasteiger partial charge >= 0.3 is 0 Å². The number of rotatable bonds is 2. The van der Waals surface area contributed by atoms with E-state index in [4.69, 9.17) is 11.5 Å². The normalized spacial score (nSPS) is 20.8. The Balaban J connectivity index is 2.24. The SMILES string of the molecule is CC1(C(N)=O)CCN(C(=O)c2ccncc2C#CCN)C1. The van der Waals surface area contributed by atoms with Crippen LogP contribution in [0.25, 0.3) is 0 Å². The molecule has 2 rings (SSSR count). The highest BCUT2D eigenvalue weighted by Crippen LogP contribution is 2.30. The minimum absolute atomic E-state index is 0.163. The average Bonchev–Trinajstić information content (AvgIpc) is 2.89. The number of nitrogens with zero attached hydrogens (tertiary/aromatic N) is 2. The highest BCUT2D eigenvalue weighted by Gasteiger charge is 2.41. The molecule has 1 aromatic rings. The Kier molecular flexibility index (Phi) is 4.24. The van der Waals surface area contributed by atoms with E-state index in [1.165, 1.54) is 0 Å². The number of hydrogen-bond donors (Lipinski definition) is 2. The molecule has 6 nitrogen and oxygen atoms in total. The second-order valence-electron chi connectivity index (χ2n) is 5.33. The van der Waals surface area contributed by atoms with Crippen LogP contribution in [0.3, 0.4) is 0 Å². The lowest BCUT2D eigenvalue weighted by atomic mass is 9.89. The van der Waals surface area contributed by atoms with Gasteiger partial charge in [-0.3, -0.25) is 14.6 Å². The third-order valence-electron chi connectivity index (χ3n) is 3.73. The zero-order valence-corrected chi connectivity index (χ0v) is 11.9. The van der Waals surface area contributed by atoms with Crippen molar-refractivity contribution in [3.05, 3.63) is 29.6 Å². The van der Waals surface area contributed by atoms with Crippen molar-refractivity contribution in [2.45, 2.75) is 13.3 Å². The first kappa shape index (κ1) is 15.0. The lowest BCUT2D eigenvalue weighted by Gasteiger charge is -2.21. The Morgan fingerprint density at radius 2 is 2.29 bits per heavy atom. The monoisotopic (exact) mass is 286 g/mol. The molecule has 0 aromatic carbocycles. The van der Waals surface area contributed by atoms with E-state index in [0.717, 1.165) is 0 Å². The third kappa shape index (κ3) is 3.03. The van der Waals surface area contributed by atoms with Gasteiger partial charge in [0.15, 0.2) is 0 Å². The molecule has 0 spiro atoms. The molecule has 1 aliphatic heterocycles. The molecule has 1 aromatic heterocycles. The number of aromatic nitrogens is 1. The van der Waals surface area contributed by atoms with Crippen LogP contribution in [0.15, 0.2) is 18.5 Å². The summed E-state index contributed by atoms with van der Waals surface area (Å²) in [6.45, 7) is 2.83. The zero-order valence-electron chi connectivity index (χ0n) is 11.9. The summed E-state index contributed by atoms with van der Waals surface area (Å²) >= 11 is 0. The van der Waals surface area contributed by atoms with Crippen LogP contribution >= 0.6 is 0 Å². The number of primary amides is 1. The van der Waals surface area contributed by atoms with Gasteiger partial charge in [0, 0.05) is 25.5 Å². The summed E-state index contributed by atoms with van der Waals surface area (Å²) in [5.41, 5.74) is 11.1. The Bertz CT molecular complexity index is 632. The molecule has 21 heavy (non-hydrogen) atoms. The fourth-order valence-electron chi connectivity index (χ4n) is 2.33. The molecule has 1 fully saturated rings. The van der Waals surface area contributed by atoms with Crippen LogP contribution in [0.2, 0.25) is 0 Å². The number of carbonyl (C=O) groups excluding carboxylic acids is 2. The van der Waals surface area contributed by atoms with Crippen LogP contribution < -0.4 is 11.5 Å². The maximum atomic E-state index is 12.6. The maximum Gasteiger partial charge on any atom is 0.255 e. The number of likely N-dealkylation sites (tertiary alicyclic amines) is 1. The number of carbonyl (C=O) groups is 2. The van der Waals surface area contributed by atoms with Crippen LogP contribution in [0.1, 0.15) is 29.3 Å². The Morgan fingerprint density at radius 1 is 1.52 bits per heavy atom. The Hall–Kier alpha value is -2.39. The van der Waals surface area contributed by atoms with Crippen molar-refractivity contribution in [3.8, 4) is 11.8 Å². The molecule has 1 unspecified atom stereocenters. The molecular formula is C15H18N4O2. The third-order valence-corrected chi connectivity index (χ3v) is 3.73. The summed E-state index contributed by atoms with van der Waals surface area (Å²) in [6.07, 6.45) is 3.66. The molecule has 4 N–H and O–H groups in total. The number of amides is 2. The van der Waals surface area contributed by atoms with Crippen molar-refractivity contribution in [1.82, 2.24) is 9.88 Å². The summed E-state index contributed by atoms with van der Waals surface area (Å²) in [7, 11) is 0. The lowest BCUT2D eigenvalue weighted by molar-refractivity contribution is -0.126. The van der Waals surface area contributed by atoms with Gasteiger partial charge in [-0.15, -0.1) is 0 Å². The van der Waals surface area contributed by atoms with Crippen LogP contribution in [0.4, 0.5) is 0 Å². The molecule has 1 aliphatic rings. The first-order valence-electron chi connectivity index (χ1n) is 6.70. The van der Waals surface area contributed by atoms with Crippen molar-refractivity contribution in [2.24, 2.45) is 16.9 Å². The minimum Gasteiger partial charge on any atom is -0.369 e. The fraction of sp³-hybridized carbons (Fsp3) is 0.400. The van der Waals surface area contributed by atoms with E-state index in [1.807, 2.05) is 0 Å². The van der Waals surface area contributed by atoms with Gasteiger partial charge in [-0.05, 0) is 19.4 Å². The van der Waals surface area contributed by atoms with E-state index >= 15 is 0 Å². The number of pyridine rings is 1. The van der Waals surface area contributed by atoms with E-state index in [0.29, 0.717) is 30.6 Å². The summed E-state index contributed by atoms with van der Waals surface area (Å²) in [5.74, 6) is 5.02. The standard InChI is InChI=1S/C15H18N4O2/c1-15(14(17)21)5-8-19(10-15)13(20)12-4-7-18-9-11(12)3-2-6-16/h4,7,9H,5-6,8,10,16H2,1H3,(H2,17,21). The Labute approximate surface area is 123 Å². The quantitative estimate of drug-likeness (QED) is 0.730. The summed E-state index contributed by atoms with van der Waals surface area (Å²) < 4.78 is 0. The van der Waals surface area contributed by atoms with Gasteiger partial charge in [-0.2, -0.15) is 0 Å². The van der Waals surface area contributed by atoms with Gasteiger partial charge in [0.25, 0.3) is 5.91 Å². The van der Waals surface area contributed by atoms with Gasteiger partial charge in [-0.1, -0.05) is 11.8 Å².